The highest BCUT2D eigenvalue weighted by Crippen LogP contribution is 2.33. The standard InChI is InChI=1S/C22H32O9/c1-6-14(2)17(31-20(27)18(25)21(3,4)28)19(26)30-15(22(5)13-29-22)11-9-7-8-10-12-16(23)24/h7-12,14-15,17-18,25,28H,6,13H2,1-5H3,(H,23,24). The summed E-state index contributed by atoms with van der Waals surface area (Å²) in [5, 5.41) is 28.3. The van der Waals surface area contributed by atoms with Crippen LogP contribution in [0.5, 0.6) is 0 Å². The van der Waals surface area contributed by atoms with E-state index in [-0.39, 0.29) is 0 Å². The van der Waals surface area contributed by atoms with Gasteiger partial charge in [-0.15, -0.1) is 0 Å². The van der Waals surface area contributed by atoms with Gasteiger partial charge in [-0.3, -0.25) is 0 Å². The molecule has 1 fully saturated rings. The smallest absolute Gasteiger partial charge is 0.348 e. The molecule has 1 aliphatic rings. The first kappa shape index (κ1) is 26.5. The van der Waals surface area contributed by atoms with Crippen molar-refractivity contribution in [2.75, 3.05) is 6.61 Å². The molecule has 0 radical (unpaired) electrons. The number of carbonyl (C=O) groups excluding carboxylic acids is 2. The van der Waals surface area contributed by atoms with E-state index in [0.29, 0.717) is 13.0 Å². The lowest BCUT2D eigenvalue weighted by Gasteiger charge is -2.28. The number of aliphatic hydroxyl groups excluding tert-OH is 1. The van der Waals surface area contributed by atoms with Crippen LogP contribution in [0.3, 0.4) is 0 Å². The molecule has 174 valence electrons. The van der Waals surface area contributed by atoms with Gasteiger partial charge in [-0.25, -0.2) is 14.4 Å². The van der Waals surface area contributed by atoms with Crippen molar-refractivity contribution in [3.63, 3.8) is 0 Å². The van der Waals surface area contributed by atoms with Gasteiger partial charge in [-0.1, -0.05) is 38.2 Å². The fourth-order valence-corrected chi connectivity index (χ4v) is 2.36. The van der Waals surface area contributed by atoms with Gasteiger partial charge in [0.2, 0.25) is 6.10 Å². The molecule has 0 saturated carbocycles. The van der Waals surface area contributed by atoms with E-state index in [4.69, 9.17) is 19.3 Å². The minimum atomic E-state index is -1.82. The van der Waals surface area contributed by atoms with Gasteiger partial charge in [-0.2, -0.15) is 0 Å². The maximum absolute atomic E-state index is 12.8. The molecular formula is C22H32O9. The second-order valence-electron chi connectivity index (χ2n) is 8.23. The predicted molar refractivity (Wildman–Crippen MR) is 111 cm³/mol. The number of carboxylic acid groups (broad SMARTS) is 1. The second-order valence-corrected chi connectivity index (χ2v) is 8.23. The van der Waals surface area contributed by atoms with Crippen molar-refractivity contribution in [2.24, 2.45) is 5.92 Å². The molecule has 3 N–H and O–H groups in total. The lowest BCUT2D eigenvalue weighted by Crippen LogP contribution is -2.47. The first-order valence-electron chi connectivity index (χ1n) is 10.0. The maximum atomic E-state index is 12.8. The third kappa shape index (κ3) is 8.64. The van der Waals surface area contributed by atoms with Gasteiger partial charge >= 0.3 is 17.9 Å². The number of hydrogen-bond acceptors (Lipinski definition) is 8. The van der Waals surface area contributed by atoms with Crippen LogP contribution in [-0.2, 0) is 28.6 Å². The molecule has 0 spiro atoms. The van der Waals surface area contributed by atoms with E-state index < -0.39 is 53.3 Å². The molecule has 5 unspecified atom stereocenters. The van der Waals surface area contributed by atoms with Crippen LogP contribution in [0.25, 0.3) is 0 Å². The van der Waals surface area contributed by atoms with Crippen molar-refractivity contribution in [3.05, 3.63) is 36.5 Å². The van der Waals surface area contributed by atoms with Crippen molar-refractivity contribution in [1.82, 2.24) is 0 Å². The Morgan fingerprint density at radius 3 is 2.19 bits per heavy atom. The number of carboxylic acids is 1. The average Bonchev–Trinajstić information content (AvgIpc) is 3.43. The second kappa shape index (κ2) is 11.2. The van der Waals surface area contributed by atoms with Gasteiger partial charge in [0.15, 0.2) is 12.2 Å². The monoisotopic (exact) mass is 440 g/mol. The summed E-state index contributed by atoms with van der Waals surface area (Å²) >= 11 is 0. The van der Waals surface area contributed by atoms with Gasteiger partial charge in [0.05, 0.1) is 12.2 Å². The molecule has 0 aromatic rings. The molecule has 1 aliphatic heterocycles. The van der Waals surface area contributed by atoms with Gasteiger partial charge < -0.3 is 29.5 Å². The van der Waals surface area contributed by atoms with Crippen LogP contribution in [0.2, 0.25) is 0 Å². The average molecular weight is 440 g/mol. The molecule has 31 heavy (non-hydrogen) atoms. The number of epoxide rings is 1. The molecule has 0 aliphatic carbocycles. The predicted octanol–water partition coefficient (Wildman–Crippen LogP) is 1.53. The van der Waals surface area contributed by atoms with Gasteiger partial charge in [0.25, 0.3) is 0 Å². The minimum Gasteiger partial charge on any atom is -0.478 e. The molecule has 0 bridgehead atoms. The van der Waals surface area contributed by atoms with Crippen molar-refractivity contribution in [3.8, 4) is 0 Å². The summed E-state index contributed by atoms with van der Waals surface area (Å²) in [7, 11) is 0. The summed E-state index contributed by atoms with van der Waals surface area (Å²) in [6.07, 6.45) is 5.17. The van der Waals surface area contributed by atoms with Crippen LogP contribution in [0, 0.1) is 5.92 Å². The van der Waals surface area contributed by atoms with Crippen molar-refractivity contribution in [1.29, 1.82) is 0 Å². The lowest BCUT2D eigenvalue weighted by atomic mass is 9.99. The molecule has 1 rings (SSSR count). The Kier molecular flexibility index (Phi) is 9.61. The van der Waals surface area contributed by atoms with Gasteiger partial charge in [0, 0.05) is 12.0 Å². The molecule has 0 amide bonds. The molecule has 0 aromatic heterocycles. The Morgan fingerprint density at radius 1 is 1.13 bits per heavy atom. The summed E-state index contributed by atoms with van der Waals surface area (Å²) in [5.41, 5.74) is -2.46. The number of esters is 2. The van der Waals surface area contributed by atoms with E-state index >= 15 is 0 Å². The van der Waals surface area contributed by atoms with E-state index in [1.807, 2.05) is 6.92 Å². The lowest BCUT2D eigenvalue weighted by molar-refractivity contribution is -0.186. The van der Waals surface area contributed by atoms with E-state index in [1.54, 1.807) is 32.1 Å². The number of allylic oxidation sites excluding steroid dienone is 4. The molecular weight excluding hydrogens is 408 g/mol. The Hall–Kier alpha value is -2.49. The number of hydrogen-bond donors (Lipinski definition) is 3. The quantitative estimate of drug-likeness (QED) is 0.178. The zero-order valence-electron chi connectivity index (χ0n) is 18.5. The highest BCUT2D eigenvalue weighted by Gasteiger charge is 2.49. The fourth-order valence-electron chi connectivity index (χ4n) is 2.36. The number of aliphatic carboxylic acids is 1. The number of rotatable bonds is 12. The summed E-state index contributed by atoms with van der Waals surface area (Å²) in [4.78, 5) is 35.5. The SMILES string of the molecule is CCC(C)C(OC(=O)C(O)C(C)(C)O)C(=O)OC(C=CC=CC=CC(=O)O)C1(C)CO1. The Bertz CT molecular complexity index is 726. The third-order valence-electron chi connectivity index (χ3n) is 4.83. The van der Waals surface area contributed by atoms with Gasteiger partial charge in [-0.05, 0) is 33.3 Å². The normalized spacial score (nSPS) is 22.9. The highest BCUT2D eigenvalue weighted by molar-refractivity contribution is 5.82. The Balaban J connectivity index is 2.91. The maximum Gasteiger partial charge on any atom is 0.348 e. The summed E-state index contributed by atoms with van der Waals surface area (Å²) in [5.74, 6) is -3.39. The zero-order chi connectivity index (χ0) is 23.8. The molecule has 9 nitrogen and oxygen atoms in total. The Morgan fingerprint density at radius 2 is 1.71 bits per heavy atom. The van der Waals surface area contributed by atoms with Crippen molar-refractivity contribution < 1.29 is 43.9 Å². The zero-order valence-corrected chi connectivity index (χ0v) is 18.5. The molecule has 1 saturated heterocycles. The fraction of sp³-hybridized carbons (Fsp3) is 0.591. The third-order valence-corrected chi connectivity index (χ3v) is 4.83. The van der Waals surface area contributed by atoms with Crippen molar-refractivity contribution in [2.45, 2.75) is 70.6 Å². The first-order valence-corrected chi connectivity index (χ1v) is 10.0. The highest BCUT2D eigenvalue weighted by atomic mass is 16.6. The topological polar surface area (TPSA) is 143 Å². The molecule has 5 atom stereocenters. The molecule has 1 heterocycles. The number of aliphatic hydroxyl groups is 2. The number of carbonyl (C=O) groups is 3. The minimum absolute atomic E-state index is 0.364. The van der Waals surface area contributed by atoms with Crippen molar-refractivity contribution >= 4 is 17.9 Å². The van der Waals surface area contributed by atoms with Crippen LogP contribution in [0.15, 0.2) is 36.5 Å². The molecule has 0 aromatic carbocycles. The first-order chi connectivity index (χ1) is 14.3. The van der Waals surface area contributed by atoms with Crippen LogP contribution in [0.4, 0.5) is 0 Å². The van der Waals surface area contributed by atoms with Crippen LogP contribution >= 0.6 is 0 Å². The van der Waals surface area contributed by atoms with E-state index in [0.717, 1.165) is 6.08 Å². The van der Waals surface area contributed by atoms with Crippen LogP contribution < -0.4 is 0 Å². The van der Waals surface area contributed by atoms with Crippen LogP contribution in [0.1, 0.15) is 41.0 Å². The van der Waals surface area contributed by atoms with E-state index in [2.05, 4.69) is 0 Å². The summed E-state index contributed by atoms with van der Waals surface area (Å²) in [6, 6.07) is 0. The van der Waals surface area contributed by atoms with Crippen LogP contribution in [-0.4, -0.2) is 69.3 Å². The largest absolute Gasteiger partial charge is 0.478 e. The van der Waals surface area contributed by atoms with Gasteiger partial charge in [0.1, 0.15) is 5.60 Å². The molecule has 9 heteroatoms. The Labute approximate surface area is 182 Å². The van der Waals surface area contributed by atoms with E-state index in [9.17, 15) is 24.6 Å². The number of ether oxygens (including phenoxy) is 3. The summed E-state index contributed by atoms with van der Waals surface area (Å²) < 4.78 is 16.1. The summed E-state index contributed by atoms with van der Waals surface area (Å²) in [6.45, 7) is 8.13. The van der Waals surface area contributed by atoms with E-state index in [1.165, 1.54) is 26.0 Å².